The zero-order valence-corrected chi connectivity index (χ0v) is 45.8. The third-order valence-corrected chi connectivity index (χ3v) is 20.9. The van der Waals surface area contributed by atoms with Crippen LogP contribution in [0.1, 0.15) is 113 Å². The number of ether oxygens (including phenoxy) is 8. The number of rotatable bonds is 16. The van der Waals surface area contributed by atoms with Crippen LogP contribution in [0.15, 0.2) is 11.6 Å². The average molecular weight is 1110 g/mol. The van der Waals surface area contributed by atoms with Gasteiger partial charge in [-0.3, -0.25) is 0 Å². The standard InChI is InChI=1S/C54H92O23/c1-23(2)10-9-14-54(8,77-48-44(69)40(65)37(62)29(74-48)22-70-46-42(67)38(63)34(59)26(19-55)71-46)24-11-16-53(7)33(24)25(58)18-31-51(5)15-13-32(50(3,4)30(51)12-17-52(31,53)6)75-49-45(41(66)36(61)28(21-57)73-49)76-47-43(68)39(64)35(60)27(20-56)72-47/h10,24-49,55-69H,9,11-22H2,1-8H3/t24-,25+,26+,27+,28+,29+,30-,31?,32-,33-,34+,35+,36+,37+,38-,39-,40-,41-,42+,43+,44+,45+,46+,47-,48-,49-,51-,52+,53+,54-/m0/s1. The SMILES string of the molecule is CC(C)=CCC[C@](C)(O[C@@H]1O[C@H](CO[C@@H]2O[C@H](CO)[C@@H](O)[C@H](O)[C@H]2O)[C@@H](O)[C@H](O)[C@H]1O)[C@H]1CC[C@]2(C)[C@@H]1[C@H](O)CC1[C@@]3(C)CC[C@H](O[C@@H]4O[C@H](CO)[C@@H](O)[C@H](O)[C@H]4O[C@@H]4O[C@H](CO)[C@@H](O)[C@H](O)[C@H]4O)C(C)(C)[C@@H]3CC[C@]12C. The van der Waals surface area contributed by atoms with Gasteiger partial charge in [-0.15, -0.1) is 0 Å². The summed E-state index contributed by atoms with van der Waals surface area (Å²) in [5.74, 6) is -0.475. The molecule has 446 valence electrons. The highest BCUT2D eigenvalue weighted by molar-refractivity contribution is 5.20. The maximum atomic E-state index is 12.8. The van der Waals surface area contributed by atoms with Crippen molar-refractivity contribution in [1.82, 2.24) is 0 Å². The van der Waals surface area contributed by atoms with Gasteiger partial charge in [0, 0.05) is 0 Å². The number of aliphatic hydroxyl groups is 15. The molecule has 4 aliphatic carbocycles. The minimum Gasteiger partial charge on any atom is -0.394 e. The van der Waals surface area contributed by atoms with E-state index in [1.54, 1.807) is 0 Å². The van der Waals surface area contributed by atoms with Crippen molar-refractivity contribution in [3.05, 3.63) is 11.6 Å². The van der Waals surface area contributed by atoms with Crippen LogP contribution in [-0.4, -0.2) is 244 Å². The lowest BCUT2D eigenvalue weighted by molar-refractivity contribution is -0.378. The molecule has 77 heavy (non-hydrogen) atoms. The van der Waals surface area contributed by atoms with Gasteiger partial charge in [-0.05, 0) is 124 Å². The number of hydrogen-bond acceptors (Lipinski definition) is 23. The molecule has 0 spiro atoms. The highest BCUT2D eigenvalue weighted by atomic mass is 16.8. The van der Waals surface area contributed by atoms with Gasteiger partial charge in [0.1, 0.15) is 97.7 Å². The van der Waals surface area contributed by atoms with Crippen LogP contribution in [-0.2, 0) is 37.9 Å². The van der Waals surface area contributed by atoms with Crippen molar-refractivity contribution in [3.8, 4) is 0 Å². The molecule has 15 N–H and O–H groups in total. The molecule has 4 heterocycles. The lowest BCUT2D eigenvalue weighted by atomic mass is 9.35. The zero-order valence-electron chi connectivity index (χ0n) is 45.8. The van der Waals surface area contributed by atoms with E-state index in [0.29, 0.717) is 38.5 Å². The summed E-state index contributed by atoms with van der Waals surface area (Å²) in [5.41, 5.74) is -1.59. The maximum absolute atomic E-state index is 12.8. The van der Waals surface area contributed by atoms with Crippen molar-refractivity contribution in [1.29, 1.82) is 0 Å². The van der Waals surface area contributed by atoms with Gasteiger partial charge in [-0.1, -0.05) is 46.3 Å². The minimum atomic E-state index is -1.82. The first-order chi connectivity index (χ1) is 36.0. The Morgan fingerprint density at radius 3 is 1.64 bits per heavy atom. The fraction of sp³-hybridized carbons (Fsp3) is 0.963. The smallest absolute Gasteiger partial charge is 0.187 e. The topological polar surface area (TPSA) is 377 Å². The van der Waals surface area contributed by atoms with Crippen LogP contribution in [0.5, 0.6) is 0 Å². The van der Waals surface area contributed by atoms with E-state index in [0.717, 1.165) is 24.8 Å². The normalized spacial score (nSPS) is 52.7. The second-order valence-corrected chi connectivity index (χ2v) is 25.7. The first-order valence-corrected chi connectivity index (χ1v) is 27.9. The average Bonchev–Trinajstić information content (AvgIpc) is 3.96. The van der Waals surface area contributed by atoms with Crippen LogP contribution in [0.2, 0.25) is 0 Å². The van der Waals surface area contributed by atoms with Gasteiger partial charge in [0.05, 0.1) is 44.2 Å². The molecular formula is C54H92O23. The fourth-order valence-corrected chi connectivity index (χ4v) is 16.3. The lowest BCUT2D eigenvalue weighted by Gasteiger charge is -2.71. The third kappa shape index (κ3) is 10.9. The molecule has 0 aromatic rings. The van der Waals surface area contributed by atoms with Crippen LogP contribution in [0, 0.1) is 45.3 Å². The fourth-order valence-electron chi connectivity index (χ4n) is 16.3. The van der Waals surface area contributed by atoms with E-state index in [1.165, 1.54) is 0 Å². The predicted molar refractivity (Wildman–Crippen MR) is 266 cm³/mol. The Morgan fingerprint density at radius 1 is 0.545 bits per heavy atom. The third-order valence-electron chi connectivity index (χ3n) is 20.9. The van der Waals surface area contributed by atoms with Crippen molar-refractivity contribution >= 4 is 0 Å². The molecule has 1 unspecified atom stereocenters. The molecule has 0 aromatic heterocycles. The number of fused-ring (bicyclic) bond motifs is 5. The molecule has 8 fully saturated rings. The predicted octanol–water partition coefficient (Wildman–Crippen LogP) is -2.20. The minimum absolute atomic E-state index is 0.0374. The van der Waals surface area contributed by atoms with Crippen LogP contribution < -0.4 is 0 Å². The first kappa shape index (κ1) is 61.9. The molecule has 0 aromatic carbocycles. The van der Waals surface area contributed by atoms with Crippen molar-refractivity contribution in [2.75, 3.05) is 26.4 Å². The van der Waals surface area contributed by atoms with E-state index in [1.807, 2.05) is 20.8 Å². The molecule has 4 aliphatic heterocycles. The summed E-state index contributed by atoms with van der Waals surface area (Å²) in [6, 6.07) is 0. The van der Waals surface area contributed by atoms with Gasteiger partial charge in [-0.25, -0.2) is 0 Å². The van der Waals surface area contributed by atoms with Gasteiger partial charge >= 0.3 is 0 Å². The van der Waals surface area contributed by atoms with Gasteiger partial charge in [-0.2, -0.15) is 0 Å². The molecule has 0 amide bonds. The summed E-state index contributed by atoms with van der Waals surface area (Å²) in [6.45, 7) is 14.6. The Morgan fingerprint density at radius 2 is 1.05 bits per heavy atom. The first-order valence-electron chi connectivity index (χ1n) is 27.9. The zero-order chi connectivity index (χ0) is 56.6. The Kier molecular flexibility index (Phi) is 18.9. The van der Waals surface area contributed by atoms with E-state index < -0.39 is 178 Å². The monoisotopic (exact) mass is 1110 g/mol. The van der Waals surface area contributed by atoms with E-state index in [-0.39, 0.29) is 34.5 Å². The molecule has 23 heteroatoms. The Balaban J connectivity index is 1.01. The van der Waals surface area contributed by atoms with Crippen molar-refractivity contribution in [2.45, 2.75) is 254 Å². The summed E-state index contributed by atoms with van der Waals surface area (Å²) < 4.78 is 48.9. The van der Waals surface area contributed by atoms with Gasteiger partial charge in [0.15, 0.2) is 25.2 Å². The Bertz CT molecular complexity index is 1990. The summed E-state index contributed by atoms with van der Waals surface area (Å²) >= 11 is 0. The summed E-state index contributed by atoms with van der Waals surface area (Å²) in [7, 11) is 0. The van der Waals surface area contributed by atoms with E-state index in [9.17, 15) is 76.6 Å². The lowest BCUT2D eigenvalue weighted by Crippen LogP contribution is -2.68. The van der Waals surface area contributed by atoms with Gasteiger partial charge in [0.25, 0.3) is 0 Å². The molecule has 4 saturated carbocycles. The van der Waals surface area contributed by atoms with Crippen LogP contribution in [0.25, 0.3) is 0 Å². The molecule has 30 atom stereocenters. The second kappa shape index (κ2) is 23.5. The van der Waals surface area contributed by atoms with E-state index >= 15 is 0 Å². The quantitative estimate of drug-likeness (QED) is 0.0576. The Labute approximate surface area is 450 Å². The van der Waals surface area contributed by atoms with Crippen LogP contribution >= 0.6 is 0 Å². The number of aliphatic hydroxyl groups excluding tert-OH is 15. The molecule has 0 radical (unpaired) electrons. The highest BCUT2D eigenvalue weighted by Crippen LogP contribution is 2.76. The largest absolute Gasteiger partial charge is 0.394 e. The van der Waals surface area contributed by atoms with Crippen LogP contribution in [0.3, 0.4) is 0 Å². The van der Waals surface area contributed by atoms with Crippen molar-refractivity contribution in [3.63, 3.8) is 0 Å². The highest BCUT2D eigenvalue weighted by Gasteiger charge is 2.72. The van der Waals surface area contributed by atoms with Crippen LogP contribution in [0.4, 0.5) is 0 Å². The number of hydrogen-bond donors (Lipinski definition) is 15. The molecule has 4 saturated heterocycles. The molecule has 8 rings (SSSR count). The molecular weight excluding hydrogens is 1020 g/mol. The molecule has 8 aliphatic rings. The maximum Gasteiger partial charge on any atom is 0.187 e. The van der Waals surface area contributed by atoms with Crippen molar-refractivity contribution < 1.29 is 114 Å². The summed E-state index contributed by atoms with van der Waals surface area (Å²) in [6.07, 6.45) is -25.2. The van der Waals surface area contributed by atoms with Crippen molar-refractivity contribution in [2.24, 2.45) is 45.3 Å². The number of allylic oxidation sites excluding steroid dienone is 2. The van der Waals surface area contributed by atoms with Gasteiger partial charge < -0.3 is 114 Å². The summed E-state index contributed by atoms with van der Waals surface area (Å²) in [4.78, 5) is 0. The van der Waals surface area contributed by atoms with E-state index in [4.69, 9.17) is 37.9 Å². The van der Waals surface area contributed by atoms with E-state index in [2.05, 4.69) is 40.7 Å². The summed E-state index contributed by atoms with van der Waals surface area (Å²) in [5, 5.41) is 162. The Hall–Kier alpha value is -1.18. The molecule has 0 bridgehead atoms. The molecule has 23 nitrogen and oxygen atoms in total. The van der Waals surface area contributed by atoms with Gasteiger partial charge in [0.2, 0.25) is 0 Å². The second-order valence-electron chi connectivity index (χ2n) is 25.7.